The first-order chi connectivity index (χ1) is 10.1. The third-order valence-electron chi connectivity index (χ3n) is 3.92. The van der Waals surface area contributed by atoms with E-state index in [2.05, 4.69) is 5.32 Å². The summed E-state index contributed by atoms with van der Waals surface area (Å²) in [5, 5.41) is 12.5. The third-order valence-corrected chi connectivity index (χ3v) is 4.15. The summed E-state index contributed by atoms with van der Waals surface area (Å²) >= 11 is 5.90. The van der Waals surface area contributed by atoms with Crippen LogP contribution in [0.4, 0.5) is 0 Å². The van der Waals surface area contributed by atoms with Crippen LogP contribution in [0.15, 0.2) is 24.3 Å². The maximum Gasteiger partial charge on any atom is 0.326 e. The Kier molecular flexibility index (Phi) is 5.62. The number of benzene rings is 1. The van der Waals surface area contributed by atoms with Crippen LogP contribution in [-0.2, 0) is 16.0 Å². The summed E-state index contributed by atoms with van der Waals surface area (Å²) in [7, 11) is 0. The number of aliphatic carboxylic acids is 1. The van der Waals surface area contributed by atoms with Crippen molar-refractivity contribution in [2.45, 2.75) is 44.6 Å². The number of amides is 1. The van der Waals surface area contributed by atoms with Gasteiger partial charge in [0, 0.05) is 17.4 Å². The fourth-order valence-corrected chi connectivity index (χ4v) is 2.97. The Morgan fingerprint density at radius 2 is 2.00 bits per heavy atom. The van der Waals surface area contributed by atoms with E-state index in [1.165, 1.54) is 0 Å². The fraction of sp³-hybridized carbons (Fsp3) is 0.500. The summed E-state index contributed by atoms with van der Waals surface area (Å²) in [6.07, 6.45) is 5.21. The van der Waals surface area contributed by atoms with Crippen molar-refractivity contribution in [3.8, 4) is 0 Å². The first-order valence-electron chi connectivity index (χ1n) is 7.34. The lowest BCUT2D eigenvalue weighted by atomic mass is 9.88. The van der Waals surface area contributed by atoms with Gasteiger partial charge in [-0.15, -0.1) is 0 Å². The lowest BCUT2D eigenvalue weighted by molar-refractivity contribution is -0.142. The average Bonchev–Trinajstić information content (AvgIpc) is 2.47. The van der Waals surface area contributed by atoms with Crippen molar-refractivity contribution in [1.29, 1.82) is 0 Å². The van der Waals surface area contributed by atoms with Gasteiger partial charge in [0.05, 0.1) is 0 Å². The maximum absolute atomic E-state index is 12.2. The normalized spacial score (nSPS) is 17.2. The average molecular weight is 310 g/mol. The molecule has 1 amide bonds. The van der Waals surface area contributed by atoms with Crippen molar-refractivity contribution >= 4 is 23.5 Å². The molecule has 1 aliphatic carbocycles. The lowest BCUT2D eigenvalue weighted by Gasteiger charge is -2.23. The zero-order chi connectivity index (χ0) is 15.2. The molecule has 0 radical (unpaired) electrons. The van der Waals surface area contributed by atoms with Crippen molar-refractivity contribution in [3.63, 3.8) is 0 Å². The molecule has 1 aliphatic rings. The molecule has 1 aromatic carbocycles. The van der Waals surface area contributed by atoms with Crippen LogP contribution in [-0.4, -0.2) is 23.0 Å². The van der Waals surface area contributed by atoms with E-state index in [9.17, 15) is 14.7 Å². The van der Waals surface area contributed by atoms with Gasteiger partial charge in [0.1, 0.15) is 6.04 Å². The van der Waals surface area contributed by atoms with Crippen LogP contribution < -0.4 is 5.32 Å². The van der Waals surface area contributed by atoms with E-state index >= 15 is 0 Å². The monoisotopic (exact) mass is 309 g/mol. The molecule has 21 heavy (non-hydrogen) atoms. The molecule has 0 aliphatic heterocycles. The minimum absolute atomic E-state index is 0.0417. The van der Waals surface area contributed by atoms with Crippen molar-refractivity contribution in [1.82, 2.24) is 5.32 Å². The minimum Gasteiger partial charge on any atom is -0.480 e. The van der Waals surface area contributed by atoms with Gasteiger partial charge >= 0.3 is 5.97 Å². The molecule has 5 heteroatoms. The van der Waals surface area contributed by atoms with Gasteiger partial charge in [0.25, 0.3) is 0 Å². The highest BCUT2D eigenvalue weighted by Crippen LogP contribution is 2.24. The number of hydrogen-bond acceptors (Lipinski definition) is 2. The molecule has 4 nitrogen and oxygen atoms in total. The molecule has 1 aromatic rings. The molecule has 0 bridgehead atoms. The Hall–Kier alpha value is -1.55. The number of nitrogens with one attached hydrogen (secondary N) is 1. The Labute approximate surface area is 129 Å². The Bertz CT molecular complexity index is 512. The summed E-state index contributed by atoms with van der Waals surface area (Å²) < 4.78 is 0. The van der Waals surface area contributed by atoms with Crippen LogP contribution in [0.3, 0.4) is 0 Å². The Balaban J connectivity index is 1.98. The smallest absolute Gasteiger partial charge is 0.326 e. The van der Waals surface area contributed by atoms with Gasteiger partial charge in [-0.05, 0) is 30.5 Å². The molecule has 0 aromatic heterocycles. The molecule has 114 valence electrons. The van der Waals surface area contributed by atoms with Crippen molar-refractivity contribution < 1.29 is 14.7 Å². The largest absolute Gasteiger partial charge is 0.480 e. The lowest BCUT2D eigenvalue weighted by Crippen LogP contribution is -2.45. The number of carbonyl (C=O) groups is 2. The minimum atomic E-state index is -1.01. The number of carbonyl (C=O) groups excluding carboxylic acids is 1. The second-order valence-corrected chi connectivity index (χ2v) is 6.00. The first-order valence-corrected chi connectivity index (χ1v) is 7.71. The van der Waals surface area contributed by atoms with E-state index in [1.54, 1.807) is 18.2 Å². The number of hydrogen-bond donors (Lipinski definition) is 2. The second-order valence-electron chi connectivity index (χ2n) is 5.57. The zero-order valence-electron chi connectivity index (χ0n) is 11.8. The quantitative estimate of drug-likeness (QED) is 0.878. The van der Waals surface area contributed by atoms with Crippen LogP contribution in [0, 0.1) is 5.92 Å². The van der Waals surface area contributed by atoms with Crippen LogP contribution in [0.25, 0.3) is 0 Å². The van der Waals surface area contributed by atoms with Crippen LogP contribution in [0.5, 0.6) is 0 Å². The van der Waals surface area contributed by atoms with Crippen molar-refractivity contribution in [3.05, 3.63) is 34.9 Å². The number of rotatable bonds is 5. The van der Waals surface area contributed by atoms with Crippen LogP contribution >= 0.6 is 11.6 Å². The van der Waals surface area contributed by atoms with E-state index < -0.39 is 12.0 Å². The highest BCUT2D eigenvalue weighted by atomic mass is 35.5. The van der Waals surface area contributed by atoms with Gasteiger partial charge in [0.2, 0.25) is 5.91 Å². The number of halogens is 1. The molecule has 2 rings (SSSR count). The predicted molar refractivity (Wildman–Crippen MR) is 81.3 cm³/mol. The summed E-state index contributed by atoms with van der Waals surface area (Å²) in [5.74, 6) is -1.19. The maximum atomic E-state index is 12.2. The molecule has 0 heterocycles. The zero-order valence-corrected chi connectivity index (χ0v) is 12.6. The highest BCUT2D eigenvalue weighted by Gasteiger charge is 2.26. The van der Waals surface area contributed by atoms with Crippen molar-refractivity contribution in [2.75, 3.05) is 0 Å². The molecule has 1 saturated carbocycles. The van der Waals surface area contributed by atoms with Gasteiger partial charge < -0.3 is 10.4 Å². The Morgan fingerprint density at radius 3 is 2.62 bits per heavy atom. The van der Waals surface area contributed by atoms with Gasteiger partial charge in [-0.1, -0.05) is 43.0 Å². The van der Waals surface area contributed by atoms with E-state index in [0.29, 0.717) is 5.02 Å². The molecule has 2 N–H and O–H groups in total. The summed E-state index contributed by atoms with van der Waals surface area (Å²) in [4.78, 5) is 23.5. The number of carboxylic acid groups (broad SMARTS) is 1. The molecule has 0 spiro atoms. The first kappa shape index (κ1) is 15.8. The summed E-state index contributed by atoms with van der Waals surface area (Å²) in [6.45, 7) is 0. The highest BCUT2D eigenvalue weighted by molar-refractivity contribution is 6.30. The van der Waals surface area contributed by atoms with E-state index in [1.807, 2.05) is 6.07 Å². The van der Waals surface area contributed by atoms with Gasteiger partial charge in [-0.25, -0.2) is 4.79 Å². The molecular weight excluding hydrogens is 290 g/mol. The predicted octanol–water partition coefficient (Wildman–Crippen LogP) is 3.03. The SMILES string of the molecule is O=C(N[C@H](Cc1cccc(Cl)c1)C(=O)O)C1CCCCC1. The topological polar surface area (TPSA) is 66.4 Å². The summed E-state index contributed by atoms with van der Waals surface area (Å²) in [5.41, 5.74) is 0.804. The van der Waals surface area contributed by atoms with Crippen LogP contribution in [0.2, 0.25) is 5.02 Å². The molecule has 0 saturated heterocycles. The van der Waals surface area contributed by atoms with Gasteiger partial charge in [0.15, 0.2) is 0 Å². The van der Waals surface area contributed by atoms with Crippen LogP contribution in [0.1, 0.15) is 37.7 Å². The third kappa shape index (κ3) is 4.74. The second kappa shape index (κ2) is 7.46. The molecule has 1 atom stereocenters. The van der Waals surface area contributed by atoms with Gasteiger partial charge in [-0.2, -0.15) is 0 Å². The van der Waals surface area contributed by atoms with Gasteiger partial charge in [-0.3, -0.25) is 4.79 Å². The fourth-order valence-electron chi connectivity index (χ4n) is 2.75. The summed E-state index contributed by atoms with van der Waals surface area (Å²) in [6, 6.07) is 6.15. The van der Waals surface area contributed by atoms with E-state index in [0.717, 1.165) is 37.7 Å². The molecule has 1 fully saturated rings. The Morgan fingerprint density at radius 1 is 1.29 bits per heavy atom. The van der Waals surface area contributed by atoms with Crippen molar-refractivity contribution in [2.24, 2.45) is 5.92 Å². The number of carboxylic acids is 1. The van der Waals surface area contributed by atoms with E-state index in [4.69, 9.17) is 11.6 Å². The molecule has 0 unspecified atom stereocenters. The standard InChI is InChI=1S/C16H20ClNO3/c17-13-8-4-5-11(9-13)10-14(16(20)21)18-15(19)12-6-2-1-3-7-12/h4-5,8-9,12,14H,1-3,6-7,10H2,(H,18,19)(H,20,21)/t14-/m1/s1. The van der Waals surface area contributed by atoms with E-state index in [-0.39, 0.29) is 18.2 Å². The molecular formula is C16H20ClNO3.